The average Bonchev–Trinajstić information content (AvgIpc) is 3.00. The maximum atomic E-state index is 13.4. The van der Waals surface area contributed by atoms with E-state index in [1.165, 1.54) is 19.3 Å². The molecule has 5 rings (SSSR count). The number of carboxylic acids is 1. The van der Waals surface area contributed by atoms with Gasteiger partial charge >= 0.3 is 5.97 Å². The van der Waals surface area contributed by atoms with Crippen LogP contribution in [-0.2, 0) is 14.4 Å². The van der Waals surface area contributed by atoms with Crippen molar-refractivity contribution in [2.24, 2.45) is 23.2 Å². The number of amides is 2. The van der Waals surface area contributed by atoms with Gasteiger partial charge in [-0.05, 0) is 69.1 Å². The van der Waals surface area contributed by atoms with Crippen molar-refractivity contribution in [2.75, 3.05) is 13.1 Å². The van der Waals surface area contributed by atoms with Crippen LogP contribution in [0.25, 0.3) is 0 Å². The Morgan fingerprint density at radius 1 is 1.04 bits per heavy atom. The number of hydrogen-bond donors (Lipinski definition) is 2. The highest BCUT2D eigenvalue weighted by Crippen LogP contribution is 2.60. The number of carbonyl (C=O) groups is 3. The molecule has 6 nitrogen and oxygen atoms in total. The first-order chi connectivity index (χ1) is 11.5. The highest BCUT2D eigenvalue weighted by atomic mass is 16.4. The van der Waals surface area contributed by atoms with Gasteiger partial charge in [-0.25, -0.2) is 0 Å². The van der Waals surface area contributed by atoms with Gasteiger partial charge in [-0.3, -0.25) is 14.4 Å². The van der Waals surface area contributed by atoms with E-state index in [1.54, 1.807) is 4.90 Å². The Morgan fingerprint density at radius 2 is 1.62 bits per heavy atom. The fourth-order valence-corrected chi connectivity index (χ4v) is 6.24. The van der Waals surface area contributed by atoms with Crippen LogP contribution in [0, 0.1) is 23.2 Å². The number of likely N-dealkylation sites (tertiary alicyclic amines) is 1. The molecule has 0 radical (unpaired) electrons. The van der Waals surface area contributed by atoms with Crippen molar-refractivity contribution in [1.29, 1.82) is 0 Å². The zero-order chi connectivity index (χ0) is 16.9. The van der Waals surface area contributed by atoms with Gasteiger partial charge in [-0.2, -0.15) is 0 Å². The molecule has 0 aromatic rings. The molecule has 1 unspecified atom stereocenters. The number of aliphatic carboxylic acids is 1. The van der Waals surface area contributed by atoms with E-state index in [0.29, 0.717) is 30.7 Å². The zero-order valence-electron chi connectivity index (χ0n) is 14.0. The number of carbonyl (C=O) groups excluding carboxylic acids is 2. The summed E-state index contributed by atoms with van der Waals surface area (Å²) in [5, 5.41) is 11.2. The molecule has 0 spiro atoms. The molecule has 1 saturated heterocycles. The highest BCUT2D eigenvalue weighted by Gasteiger charge is 2.56. The van der Waals surface area contributed by atoms with Gasteiger partial charge in [0, 0.05) is 6.54 Å². The summed E-state index contributed by atoms with van der Waals surface area (Å²) in [5.74, 6) is 0.897. The monoisotopic (exact) mass is 334 g/mol. The van der Waals surface area contributed by atoms with Crippen LogP contribution in [0.1, 0.15) is 51.4 Å². The van der Waals surface area contributed by atoms with E-state index in [4.69, 9.17) is 5.11 Å². The summed E-state index contributed by atoms with van der Waals surface area (Å²) in [4.78, 5) is 38.1. The molecule has 132 valence electrons. The smallest absolute Gasteiger partial charge is 0.322 e. The molecule has 0 aromatic carbocycles. The summed E-state index contributed by atoms with van der Waals surface area (Å²) >= 11 is 0. The lowest BCUT2D eigenvalue weighted by molar-refractivity contribution is -0.160. The van der Waals surface area contributed by atoms with E-state index >= 15 is 0 Å². The summed E-state index contributed by atoms with van der Waals surface area (Å²) in [5.41, 5.74) is -0.232. The summed E-state index contributed by atoms with van der Waals surface area (Å²) in [6, 6.07) is -0.482. The van der Waals surface area contributed by atoms with Crippen molar-refractivity contribution in [3.63, 3.8) is 0 Å². The molecule has 1 aliphatic heterocycles. The summed E-state index contributed by atoms with van der Waals surface area (Å²) in [6.07, 6.45) is 8.32. The molecule has 4 aliphatic carbocycles. The normalized spacial score (nSPS) is 39.9. The van der Waals surface area contributed by atoms with E-state index in [-0.39, 0.29) is 23.8 Å². The Labute approximate surface area is 142 Å². The molecule has 5 aliphatic rings. The minimum absolute atomic E-state index is 0.176. The quantitative estimate of drug-likeness (QED) is 0.813. The van der Waals surface area contributed by atoms with Crippen LogP contribution in [0.15, 0.2) is 0 Å². The number of rotatable bonds is 4. The van der Waals surface area contributed by atoms with E-state index < -0.39 is 12.0 Å². The Hall–Kier alpha value is -1.59. The van der Waals surface area contributed by atoms with Crippen LogP contribution in [0.3, 0.4) is 0 Å². The van der Waals surface area contributed by atoms with Gasteiger partial charge in [0.25, 0.3) is 0 Å². The van der Waals surface area contributed by atoms with E-state index in [2.05, 4.69) is 5.32 Å². The third-order valence-electron chi connectivity index (χ3n) is 6.72. The first kappa shape index (κ1) is 15.9. The van der Waals surface area contributed by atoms with Crippen molar-refractivity contribution in [3.8, 4) is 0 Å². The largest absolute Gasteiger partial charge is 0.480 e. The molecule has 5 fully saturated rings. The number of nitrogens with one attached hydrogen (secondary N) is 1. The lowest BCUT2D eigenvalue weighted by atomic mass is 9.49. The topological polar surface area (TPSA) is 86.7 Å². The first-order valence-corrected chi connectivity index (χ1v) is 9.27. The SMILES string of the molecule is O=C(O)CNC(=O)C1CCCN1C(=O)C12CC3CC(CC(C3)C1)C2. The third-order valence-corrected chi connectivity index (χ3v) is 6.72. The molecule has 4 bridgehead atoms. The van der Waals surface area contributed by atoms with Gasteiger partial charge in [-0.1, -0.05) is 0 Å². The molecule has 2 amide bonds. The number of nitrogens with zero attached hydrogens (tertiary/aromatic N) is 1. The molecule has 24 heavy (non-hydrogen) atoms. The second-order valence-corrected chi connectivity index (χ2v) is 8.47. The predicted octanol–water partition coefficient (Wildman–Crippen LogP) is 1.39. The minimum Gasteiger partial charge on any atom is -0.480 e. The Balaban J connectivity index is 1.49. The second kappa shape index (κ2) is 5.74. The Kier molecular flexibility index (Phi) is 3.81. The van der Waals surface area contributed by atoms with Crippen LogP contribution < -0.4 is 5.32 Å². The van der Waals surface area contributed by atoms with Crippen LogP contribution in [0.5, 0.6) is 0 Å². The van der Waals surface area contributed by atoms with Crippen LogP contribution in [-0.4, -0.2) is 46.9 Å². The summed E-state index contributed by atoms with van der Waals surface area (Å²) in [6.45, 7) is 0.250. The summed E-state index contributed by atoms with van der Waals surface area (Å²) in [7, 11) is 0. The maximum Gasteiger partial charge on any atom is 0.322 e. The molecule has 4 saturated carbocycles. The lowest BCUT2D eigenvalue weighted by Gasteiger charge is -2.56. The van der Waals surface area contributed by atoms with Crippen molar-refractivity contribution in [1.82, 2.24) is 10.2 Å². The molecule has 0 aromatic heterocycles. The zero-order valence-corrected chi connectivity index (χ0v) is 14.0. The first-order valence-electron chi connectivity index (χ1n) is 9.27. The lowest BCUT2D eigenvalue weighted by Crippen LogP contribution is -2.57. The van der Waals surface area contributed by atoms with Crippen molar-refractivity contribution in [2.45, 2.75) is 57.4 Å². The number of hydrogen-bond acceptors (Lipinski definition) is 3. The number of carboxylic acid groups (broad SMARTS) is 1. The predicted molar refractivity (Wildman–Crippen MR) is 86.0 cm³/mol. The average molecular weight is 334 g/mol. The van der Waals surface area contributed by atoms with Gasteiger partial charge in [0.05, 0.1) is 5.41 Å². The van der Waals surface area contributed by atoms with E-state index in [0.717, 1.165) is 25.7 Å². The third kappa shape index (κ3) is 2.60. The Morgan fingerprint density at radius 3 is 2.17 bits per heavy atom. The van der Waals surface area contributed by atoms with Crippen molar-refractivity contribution >= 4 is 17.8 Å². The molecule has 6 heteroatoms. The van der Waals surface area contributed by atoms with Crippen molar-refractivity contribution < 1.29 is 19.5 Å². The van der Waals surface area contributed by atoms with E-state index in [1.807, 2.05) is 0 Å². The van der Waals surface area contributed by atoms with Crippen LogP contribution in [0.4, 0.5) is 0 Å². The second-order valence-electron chi connectivity index (χ2n) is 8.47. The highest BCUT2D eigenvalue weighted by molar-refractivity contribution is 5.92. The molecule has 2 N–H and O–H groups in total. The Bertz CT molecular complexity index is 538. The molecular formula is C18H26N2O4. The fraction of sp³-hybridized carbons (Fsp3) is 0.833. The van der Waals surface area contributed by atoms with E-state index in [9.17, 15) is 14.4 Å². The van der Waals surface area contributed by atoms with Gasteiger partial charge in [0.1, 0.15) is 12.6 Å². The van der Waals surface area contributed by atoms with Crippen LogP contribution in [0.2, 0.25) is 0 Å². The molecular weight excluding hydrogens is 308 g/mol. The summed E-state index contributed by atoms with van der Waals surface area (Å²) < 4.78 is 0. The molecule has 1 heterocycles. The maximum absolute atomic E-state index is 13.4. The van der Waals surface area contributed by atoms with Gasteiger partial charge < -0.3 is 15.3 Å². The van der Waals surface area contributed by atoms with Gasteiger partial charge in [0.2, 0.25) is 11.8 Å². The van der Waals surface area contributed by atoms with Crippen molar-refractivity contribution in [3.05, 3.63) is 0 Å². The van der Waals surface area contributed by atoms with Crippen LogP contribution >= 0.6 is 0 Å². The minimum atomic E-state index is -1.06. The van der Waals surface area contributed by atoms with Gasteiger partial charge in [0.15, 0.2) is 0 Å². The van der Waals surface area contributed by atoms with Gasteiger partial charge in [-0.15, -0.1) is 0 Å². The standard InChI is InChI=1S/C18H26N2O4/c21-15(22)10-19-16(23)14-2-1-3-20(14)17(24)18-7-11-4-12(8-18)6-13(5-11)9-18/h11-14H,1-10H2,(H,19,23)(H,21,22). The fourth-order valence-electron chi connectivity index (χ4n) is 6.24. The molecule has 1 atom stereocenters.